The Hall–Kier alpha value is -3.36. The molecule has 0 bridgehead atoms. The number of phosphoric acid groups is 1. The van der Waals surface area contributed by atoms with Crippen molar-refractivity contribution in [2.45, 2.75) is 276 Å². The maximum Gasteiger partial charge on any atom is 0.268 e. The minimum Gasteiger partial charge on any atom is -0.756 e. The summed E-state index contributed by atoms with van der Waals surface area (Å²) in [5, 5.41) is 13.9. The highest BCUT2D eigenvalue weighted by Crippen LogP contribution is 2.38. The molecule has 3 atom stereocenters. The highest BCUT2D eigenvalue weighted by molar-refractivity contribution is 7.45. The van der Waals surface area contributed by atoms with Gasteiger partial charge in [0, 0.05) is 6.42 Å². The summed E-state index contributed by atoms with van der Waals surface area (Å²) in [5.41, 5.74) is 0. The summed E-state index contributed by atoms with van der Waals surface area (Å²) >= 11 is 0. The summed E-state index contributed by atoms with van der Waals surface area (Å²) in [5.74, 6) is -0.257. The highest BCUT2D eigenvalue weighted by atomic mass is 31.2. The third kappa shape index (κ3) is 64.1. The number of carbonyl (C=O) groups is 1. The van der Waals surface area contributed by atoms with Crippen molar-refractivity contribution in [3.8, 4) is 0 Å². The van der Waals surface area contributed by atoms with Crippen LogP contribution in [0.1, 0.15) is 264 Å². The third-order valence-electron chi connectivity index (χ3n) is 14.1. The van der Waals surface area contributed by atoms with E-state index >= 15 is 0 Å². The second kappa shape index (κ2) is 61.2. The predicted octanol–water partition coefficient (Wildman–Crippen LogP) is 20.4. The predicted molar refractivity (Wildman–Crippen MR) is 352 cm³/mol. The number of hydrogen-bond acceptors (Lipinski definition) is 6. The number of aliphatic hydroxyl groups is 1. The zero-order chi connectivity index (χ0) is 59.1. The maximum absolute atomic E-state index is 13.0. The minimum atomic E-state index is -4.64. The molecule has 0 aromatic carbocycles. The Balaban J connectivity index is 4.30. The normalized spacial score (nSPS) is 14.6. The van der Waals surface area contributed by atoms with Gasteiger partial charge in [0.15, 0.2) is 0 Å². The molecule has 0 saturated heterocycles. The van der Waals surface area contributed by atoms with E-state index in [4.69, 9.17) is 9.05 Å². The van der Waals surface area contributed by atoms with Crippen molar-refractivity contribution in [2.75, 3.05) is 40.9 Å². The first-order valence-corrected chi connectivity index (χ1v) is 34.5. The third-order valence-corrected chi connectivity index (χ3v) is 15.0. The summed E-state index contributed by atoms with van der Waals surface area (Å²) in [7, 11) is 1.19. The van der Waals surface area contributed by atoms with E-state index in [9.17, 15) is 19.4 Å². The number of quaternary nitrogens is 1. The second-order valence-electron chi connectivity index (χ2n) is 23.1. The molecule has 0 aliphatic rings. The van der Waals surface area contributed by atoms with E-state index in [-0.39, 0.29) is 18.9 Å². The van der Waals surface area contributed by atoms with Crippen molar-refractivity contribution in [1.29, 1.82) is 0 Å². The quantitative estimate of drug-likeness (QED) is 0.0272. The fraction of sp³-hybridized carbons (Fsp3) is 0.681. The number of nitrogens with one attached hydrogen (secondary N) is 1. The average molecular weight is 1150 g/mol. The van der Waals surface area contributed by atoms with Crippen LogP contribution in [-0.2, 0) is 18.4 Å². The van der Waals surface area contributed by atoms with Crippen molar-refractivity contribution in [1.82, 2.24) is 5.32 Å². The molecule has 0 fully saturated rings. The number of aliphatic hydroxyl groups excluding tert-OH is 1. The number of allylic oxidation sites excluding steroid dienone is 21. The Labute approximate surface area is 500 Å². The largest absolute Gasteiger partial charge is 0.756 e. The van der Waals surface area contributed by atoms with Gasteiger partial charge >= 0.3 is 0 Å². The van der Waals surface area contributed by atoms with Gasteiger partial charge in [-0.2, -0.15) is 0 Å². The lowest BCUT2D eigenvalue weighted by atomic mass is 10.0. The fourth-order valence-electron chi connectivity index (χ4n) is 8.97. The topological polar surface area (TPSA) is 108 Å². The van der Waals surface area contributed by atoms with E-state index in [0.717, 1.165) is 83.5 Å². The van der Waals surface area contributed by atoms with E-state index in [0.29, 0.717) is 23.9 Å². The van der Waals surface area contributed by atoms with Crippen molar-refractivity contribution in [3.63, 3.8) is 0 Å². The summed E-state index contributed by atoms with van der Waals surface area (Å²) < 4.78 is 23.4. The molecule has 0 aromatic rings. The van der Waals surface area contributed by atoms with Gasteiger partial charge in [-0.1, -0.05) is 282 Å². The molecule has 0 aliphatic carbocycles. The molecule has 8 nitrogen and oxygen atoms in total. The van der Waals surface area contributed by atoms with E-state index in [1.54, 1.807) is 6.08 Å². The molecule has 0 aliphatic heterocycles. The molecular formula is C72H125N2O6P. The van der Waals surface area contributed by atoms with E-state index in [1.165, 1.54) is 148 Å². The van der Waals surface area contributed by atoms with Crippen LogP contribution in [0.3, 0.4) is 0 Å². The number of unbranched alkanes of at least 4 members (excludes halogenated alkanes) is 26. The lowest BCUT2D eigenvalue weighted by Crippen LogP contribution is -2.45. The molecule has 0 spiro atoms. The Morgan fingerprint density at radius 1 is 0.444 bits per heavy atom. The number of amides is 1. The van der Waals surface area contributed by atoms with Crippen LogP contribution in [0.2, 0.25) is 0 Å². The maximum atomic E-state index is 13.0. The molecule has 9 heteroatoms. The number of rotatable bonds is 59. The number of likely N-dealkylation sites (N-methyl/N-ethyl adjacent to an activating group) is 1. The number of carbonyl (C=O) groups excluding carboxylic acids is 1. The van der Waals surface area contributed by atoms with Crippen LogP contribution < -0.4 is 10.2 Å². The summed E-state index contributed by atoms with van der Waals surface area (Å²) in [6.07, 6.45) is 92.9. The van der Waals surface area contributed by atoms with E-state index < -0.39 is 26.6 Å². The van der Waals surface area contributed by atoms with Gasteiger partial charge in [0.1, 0.15) is 13.2 Å². The van der Waals surface area contributed by atoms with Crippen molar-refractivity contribution in [2.24, 2.45) is 0 Å². The second-order valence-corrected chi connectivity index (χ2v) is 24.5. The molecule has 3 unspecified atom stereocenters. The molecule has 0 aromatic heterocycles. The summed E-state index contributed by atoms with van der Waals surface area (Å²) in [4.78, 5) is 25.6. The molecule has 0 rings (SSSR count). The minimum absolute atomic E-state index is 0.0255. The monoisotopic (exact) mass is 1140 g/mol. The smallest absolute Gasteiger partial charge is 0.268 e. The highest BCUT2D eigenvalue weighted by Gasteiger charge is 2.23. The van der Waals surface area contributed by atoms with Gasteiger partial charge in [-0.25, -0.2) is 0 Å². The Kier molecular flexibility index (Phi) is 58.7. The first-order chi connectivity index (χ1) is 39.5. The summed E-state index contributed by atoms with van der Waals surface area (Å²) in [6, 6.07) is -0.946. The SMILES string of the molecule is CC/C=C\C/C=C\C/C=C\C/C=C\C/C=C\C/C=C\C/C=C\C/C=C\CCCCC(=O)NC(COP(=O)([O-])OCC[N+](C)(C)C)C(O)/C=C/CC/C=C/CC/C=C/CCCCCCCCCCCCCCCCCCCCCCCC. The molecule has 81 heavy (non-hydrogen) atoms. The fourth-order valence-corrected chi connectivity index (χ4v) is 9.69. The van der Waals surface area contributed by atoms with Crippen LogP contribution in [-0.4, -0.2) is 68.5 Å². The van der Waals surface area contributed by atoms with Crippen LogP contribution in [0.15, 0.2) is 134 Å². The summed E-state index contributed by atoms with van der Waals surface area (Å²) in [6.45, 7) is 4.48. The van der Waals surface area contributed by atoms with Crippen LogP contribution in [0.25, 0.3) is 0 Å². The van der Waals surface area contributed by atoms with Gasteiger partial charge in [0.05, 0.1) is 39.9 Å². The van der Waals surface area contributed by atoms with Crippen LogP contribution in [0.5, 0.6) is 0 Å². The zero-order valence-electron chi connectivity index (χ0n) is 52.9. The zero-order valence-corrected chi connectivity index (χ0v) is 53.8. The Morgan fingerprint density at radius 3 is 1.15 bits per heavy atom. The molecule has 2 N–H and O–H groups in total. The van der Waals surface area contributed by atoms with Gasteiger partial charge in [-0.05, 0) is 109 Å². The van der Waals surface area contributed by atoms with Crippen molar-refractivity contribution in [3.05, 3.63) is 134 Å². The number of nitrogens with zero attached hydrogens (tertiary/aromatic N) is 1. The first-order valence-electron chi connectivity index (χ1n) is 33.0. The van der Waals surface area contributed by atoms with E-state index in [2.05, 4.69) is 141 Å². The first kappa shape index (κ1) is 77.6. The number of phosphoric ester groups is 1. The Bertz CT molecular complexity index is 1780. The molecule has 0 saturated carbocycles. The molecule has 0 radical (unpaired) electrons. The number of hydrogen-bond donors (Lipinski definition) is 2. The van der Waals surface area contributed by atoms with Gasteiger partial charge in [-0.15, -0.1) is 0 Å². The van der Waals surface area contributed by atoms with Crippen LogP contribution in [0.4, 0.5) is 0 Å². The Morgan fingerprint density at radius 2 is 0.765 bits per heavy atom. The van der Waals surface area contributed by atoms with Crippen molar-refractivity contribution >= 4 is 13.7 Å². The lowest BCUT2D eigenvalue weighted by Gasteiger charge is -2.29. The van der Waals surface area contributed by atoms with Crippen LogP contribution in [0, 0.1) is 0 Å². The molecule has 1 amide bonds. The van der Waals surface area contributed by atoms with Gasteiger partial charge in [-0.3, -0.25) is 9.36 Å². The lowest BCUT2D eigenvalue weighted by molar-refractivity contribution is -0.870. The van der Waals surface area contributed by atoms with Gasteiger partial charge in [0.25, 0.3) is 7.82 Å². The molecule has 464 valence electrons. The van der Waals surface area contributed by atoms with Gasteiger partial charge < -0.3 is 28.8 Å². The average Bonchev–Trinajstić information content (AvgIpc) is 3.43. The standard InChI is InChI=1S/C72H125N2O6P/c1-6-8-10-12-14-16-18-20-22-24-26-28-30-32-34-35-36-37-38-40-41-43-45-47-49-51-53-55-57-59-61-63-65-71(75)70(69-80-81(77,78)79-68-67-74(3,4)5)73-72(76)66-64-62-60-58-56-54-52-50-48-46-44-42-39-33-31-29-27-25-23-21-19-17-15-13-11-9-7-2/h9,11,15,17,21,23,27,29,33,39,44,46-47,49-50,52,55-58,63,65,70-71,75H,6-8,10,12-14,16,18-20,22,24-26,28,30-32,34-38,40-43,45,48,51,53-54,59-62,64,66-69H2,1-5H3,(H-,73,76,77,78)/b11-9-,17-15-,23-21-,29-27-,39-33-,46-44-,49-47+,52-50-,57-55+,58-56-,65-63+. The molecule has 0 heterocycles. The van der Waals surface area contributed by atoms with E-state index in [1.807, 2.05) is 27.2 Å². The van der Waals surface area contributed by atoms with Crippen LogP contribution >= 0.6 is 7.82 Å². The van der Waals surface area contributed by atoms with Crippen molar-refractivity contribution < 1.29 is 32.9 Å². The van der Waals surface area contributed by atoms with Gasteiger partial charge in [0.2, 0.25) is 5.91 Å². The molecular weight excluding hydrogens is 1020 g/mol.